The van der Waals surface area contributed by atoms with Gasteiger partial charge >= 0.3 is 0 Å². The van der Waals surface area contributed by atoms with E-state index in [0.717, 1.165) is 22.4 Å². The molecule has 7 nitrogen and oxygen atoms in total. The lowest BCUT2D eigenvalue weighted by atomic mass is 10.2. The first-order valence-electron chi connectivity index (χ1n) is 9.87. The van der Waals surface area contributed by atoms with E-state index < -0.39 is 0 Å². The zero-order valence-electron chi connectivity index (χ0n) is 17.1. The van der Waals surface area contributed by atoms with E-state index in [1.54, 1.807) is 19.4 Å². The molecule has 32 heavy (non-hydrogen) atoms. The smallest absolute Gasteiger partial charge is 0.262 e. The average molecular weight is 464 g/mol. The van der Waals surface area contributed by atoms with E-state index in [-0.39, 0.29) is 5.56 Å². The zero-order valence-corrected chi connectivity index (χ0v) is 18.7. The van der Waals surface area contributed by atoms with Crippen LogP contribution in [0.25, 0.3) is 16.7 Å². The van der Waals surface area contributed by atoms with Crippen LogP contribution in [0.5, 0.6) is 5.75 Å². The average Bonchev–Trinajstić information content (AvgIpc) is 3.25. The highest BCUT2D eigenvalue weighted by Gasteiger charge is 2.16. The second kappa shape index (κ2) is 8.64. The van der Waals surface area contributed by atoms with Crippen LogP contribution in [0.1, 0.15) is 11.1 Å². The topological polar surface area (TPSA) is 74.3 Å². The Labute approximate surface area is 192 Å². The number of thioether (sulfide) groups is 1. The summed E-state index contributed by atoms with van der Waals surface area (Å²) in [5.41, 5.74) is 2.60. The van der Waals surface area contributed by atoms with Gasteiger partial charge in [-0.1, -0.05) is 41.6 Å². The molecular formula is C23H18ClN5O2S. The Morgan fingerprint density at radius 3 is 2.81 bits per heavy atom. The first-order valence-corrected chi connectivity index (χ1v) is 11.2. The van der Waals surface area contributed by atoms with Gasteiger partial charge in [-0.3, -0.25) is 18.7 Å². The van der Waals surface area contributed by atoms with Crippen molar-refractivity contribution in [1.82, 2.24) is 24.1 Å². The first kappa shape index (κ1) is 20.5. The van der Waals surface area contributed by atoms with Crippen LogP contribution in [0.3, 0.4) is 0 Å². The Morgan fingerprint density at radius 1 is 1.09 bits per heavy atom. The van der Waals surface area contributed by atoms with Gasteiger partial charge < -0.3 is 4.74 Å². The van der Waals surface area contributed by atoms with Crippen LogP contribution >= 0.6 is 23.4 Å². The monoisotopic (exact) mass is 463 g/mol. The summed E-state index contributed by atoms with van der Waals surface area (Å²) in [6.45, 7) is 0.410. The maximum absolute atomic E-state index is 12.6. The Hall–Kier alpha value is -3.36. The van der Waals surface area contributed by atoms with E-state index in [1.165, 1.54) is 16.3 Å². The predicted octanol–water partition coefficient (Wildman–Crippen LogP) is 4.50. The van der Waals surface area contributed by atoms with Crippen LogP contribution in [-0.4, -0.2) is 24.1 Å². The molecule has 5 rings (SSSR count). The van der Waals surface area contributed by atoms with Crippen molar-refractivity contribution in [2.45, 2.75) is 17.5 Å². The molecule has 0 unspecified atom stereocenters. The molecule has 9 heteroatoms. The van der Waals surface area contributed by atoms with Crippen LogP contribution in [0.15, 0.2) is 76.9 Å². The molecule has 3 aromatic heterocycles. The summed E-state index contributed by atoms with van der Waals surface area (Å²) in [4.78, 5) is 16.8. The van der Waals surface area contributed by atoms with Gasteiger partial charge in [-0.05, 0) is 36.4 Å². The first-order chi connectivity index (χ1) is 15.6. The Balaban J connectivity index is 1.46. The summed E-state index contributed by atoms with van der Waals surface area (Å²) < 4.78 is 9.46. The number of hydrogen-bond donors (Lipinski definition) is 0. The van der Waals surface area contributed by atoms with E-state index in [4.69, 9.17) is 16.3 Å². The lowest BCUT2D eigenvalue weighted by molar-refractivity contribution is 0.303. The number of nitrogens with zero attached hydrogens (tertiary/aromatic N) is 5. The fourth-order valence-corrected chi connectivity index (χ4v) is 4.61. The van der Waals surface area contributed by atoms with Crippen molar-refractivity contribution >= 4 is 40.0 Å². The number of ether oxygens (including phenoxy) is 1. The van der Waals surface area contributed by atoms with Gasteiger partial charge in [0.05, 0.1) is 10.9 Å². The van der Waals surface area contributed by atoms with Crippen LogP contribution in [0.2, 0.25) is 5.02 Å². The maximum atomic E-state index is 12.6. The Kier molecular flexibility index (Phi) is 5.55. The van der Waals surface area contributed by atoms with Gasteiger partial charge in [0.25, 0.3) is 5.56 Å². The molecule has 5 aromatic rings. The van der Waals surface area contributed by atoms with Crippen molar-refractivity contribution < 1.29 is 4.74 Å². The molecule has 0 bridgehead atoms. The van der Waals surface area contributed by atoms with Crippen molar-refractivity contribution in [3.63, 3.8) is 0 Å². The minimum absolute atomic E-state index is 0.0991. The molecule has 0 radical (unpaired) electrons. The highest BCUT2D eigenvalue weighted by molar-refractivity contribution is 7.98. The zero-order chi connectivity index (χ0) is 22.1. The number of hydrogen-bond acceptors (Lipinski definition) is 6. The second-order valence-electron chi connectivity index (χ2n) is 7.19. The van der Waals surface area contributed by atoms with Gasteiger partial charge in [0.2, 0.25) is 5.78 Å². The summed E-state index contributed by atoms with van der Waals surface area (Å²) in [6.07, 6.45) is 3.51. The molecule has 3 heterocycles. The summed E-state index contributed by atoms with van der Waals surface area (Å²) >= 11 is 7.77. The van der Waals surface area contributed by atoms with Crippen molar-refractivity contribution in [3.05, 3.63) is 93.5 Å². The molecule has 0 aliphatic heterocycles. The molecule has 0 atom stereocenters. The maximum Gasteiger partial charge on any atom is 0.262 e. The number of fused-ring (bicyclic) bond motifs is 3. The lowest BCUT2D eigenvalue weighted by Gasteiger charge is -2.12. The van der Waals surface area contributed by atoms with Crippen LogP contribution in [0, 0.1) is 0 Å². The molecule has 0 saturated heterocycles. The quantitative estimate of drug-likeness (QED) is 0.345. The van der Waals surface area contributed by atoms with Crippen molar-refractivity contribution in [3.8, 4) is 5.75 Å². The molecule has 160 valence electrons. The normalized spacial score (nSPS) is 11.3. The highest BCUT2D eigenvalue weighted by atomic mass is 35.5. The largest absolute Gasteiger partial charge is 0.489 e. The summed E-state index contributed by atoms with van der Waals surface area (Å²) in [5, 5.41) is 10.5. The summed E-state index contributed by atoms with van der Waals surface area (Å²) in [6, 6.07) is 16.9. The number of aryl methyl sites for hydroxylation is 1. The SMILES string of the molecule is Cn1c(=O)c2ccccc2n2c(SCc3cc(Cl)ccc3OCc3cccnc3)nnc12. The number of para-hydroxylation sites is 1. The lowest BCUT2D eigenvalue weighted by Crippen LogP contribution is -2.20. The highest BCUT2D eigenvalue weighted by Crippen LogP contribution is 2.31. The molecule has 0 saturated carbocycles. The summed E-state index contributed by atoms with van der Waals surface area (Å²) in [7, 11) is 1.70. The fourth-order valence-electron chi connectivity index (χ4n) is 3.49. The number of rotatable bonds is 6. The standard InChI is InChI=1S/C23H18ClN5O2S/c1-28-21(30)18-6-2-3-7-19(18)29-22(28)26-27-23(29)32-14-16-11-17(24)8-9-20(16)31-13-15-5-4-10-25-12-15/h2-12H,13-14H2,1H3. The van der Waals surface area contributed by atoms with Gasteiger partial charge in [0.15, 0.2) is 5.16 Å². The molecule has 0 amide bonds. The molecule has 0 aliphatic carbocycles. The van der Waals surface area contributed by atoms with Crippen LogP contribution in [-0.2, 0) is 19.4 Å². The second-order valence-corrected chi connectivity index (χ2v) is 8.57. The number of aromatic nitrogens is 5. The van der Waals surface area contributed by atoms with Crippen LogP contribution < -0.4 is 10.3 Å². The third kappa shape index (κ3) is 3.83. The molecule has 0 fully saturated rings. The van der Waals surface area contributed by atoms with Crippen LogP contribution in [0.4, 0.5) is 0 Å². The molecular weight excluding hydrogens is 446 g/mol. The van der Waals surface area contributed by atoms with E-state index in [9.17, 15) is 4.79 Å². The molecule has 0 spiro atoms. The van der Waals surface area contributed by atoms with Crippen molar-refractivity contribution in [1.29, 1.82) is 0 Å². The third-order valence-corrected chi connectivity index (χ3v) is 6.31. The van der Waals surface area contributed by atoms with Gasteiger partial charge in [0.1, 0.15) is 12.4 Å². The van der Waals surface area contributed by atoms with E-state index >= 15 is 0 Å². The predicted molar refractivity (Wildman–Crippen MR) is 125 cm³/mol. The van der Waals surface area contributed by atoms with Gasteiger partial charge in [-0.25, -0.2) is 0 Å². The van der Waals surface area contributed by atoms with Gasteiger partial charge in [0, 0.05) is 41.3 Å². The van der Waals surface area contributed by atoms with Gasteiger partial charge in [-0.15, -0.1) is 10.2 Å². The summed E-state index contributed by atoms with van der Waals surface area (Å²) in [5.74, 6) is 1.81. The molecule has 0 N–H and O–H groups in total. The fraction of sp³-hybridized carbons (Fsp3) is 0.130. The van der Waals surface area contributed by atoms with E-state index in [0.29, 0.717) is 33.7 Å². The number of pyridine rings is 1. The Bertz CT molecular complexity index is 1480. The van der Waals surface area contributed by atoms with Gasteiger partial charge in [-0.2, -0.15) is 0 Å². The minimum atomic E-state index is -0.0991. The minimum Gasteiger partial charge on any atom is -0.489 e. The number of benzene rings is 2. The molecule has 0 aliphatic rings. The van der Waals surface area contributed by atoms with E-state index in [2.05, 4.69) is 15.2 Å². The van der Waals surface area contributed by atoms with Crippen molar-refractivity contribution in [2.24, 2.45) is 7.05 Å². The number of halogens is 1. The van der Waals surface area contributed by atoms with E-state index in [1.807, 2.05) is 59.0 Å². The molecule has 2 aromatic carbocycles. The Morgan fingerprint density at radius 2 is 1.97 bits per heavy atom. The third-order valence-electron chi connectivity index (χ3n) is 5.09. The van der Waals surface area contributed by atoms with Crippen molar-refractivity contribution in [2.75, 3.05) is 0 Å².